The van der Waals surface area contributed by atoms with Gasteiger partial charge in [-0.3, -0.25) is 14.4 Å². The van der Waals surface area contributed by atoms with Crippen LogP contribution < -0.4 is 10.7 Å². The monoisotopic (exact) mass is 507 g/mol. The van der Waals surface area contributed by atoms with E-state index in [0.717, 1.165) is 6.07 Å². The van der Waals surface area contributed by atoms with E-state index in [4.69, 9.17) is 9.47 Å². The largest absolute Gasteiger partial charge is 0.503 e. The average Bonchev–Trinajstić information content (AvgIpc) is 3.32. The molecule has 0 aliphatic carbocycles. The molecule has 2 N–H and O–H groups in total. The third-order valence-corrected chi connectivity index (χ3v) is 6.25. The van der Waals surface area contributed by atoms with Gasteiger partial charge < -0.3 is 29.4 Å². The molecule has 4 rings (SSSR count). The van der Waals surface area contributed by atoms with Gasteiger partial charge in [0, 0.05) is 57.8 Å². The van der Waals surface area contributed by atoms with Crippen molar-refractivity contribution in [1.29, 1.82) is 0 Å². The Balaban J connectivity index is 0.00000176. The Morgan fingerprint density at radius 2 is 2.03 bits per heavy atom. The van der Waals surface area contributed by atoms with Gasteiger partial charge in [0.25, 0.3) is 11.8 Å². The van der Waals surface area contributed by atoms with Crippen molar-refractivity contribution in [3.8, 4) is 5.75 Å². The number of nitrogens with zero attached hydrogens (tertiary/aromatic N) is 2. The number of hydrogen-bond acceptors (Lipinski definition) is 6. The van der Waals surface area contributed by atoms with Crippen LogP contribution in [0.1, 0.15) is 53.1 Å². The third kappa shape index (κ3) is 5.26. The van der Waals surface area contributed by atoms with Crippen LogP contribution in [0.4, 0.5) is 8.78 Å². The lowest BCUT2D eigenvalue weighted by atomic mass is 9.91. The molecule has 1 saturated heterocycles. The van der Waals surface area contributed by atoms with E-state index in [1.807, 2.05) is 13.8 Å². The number of fused-ring (bicyclic) bond motifs is 1. The highest BCUT2D eigenvalue weighted by molar-refractivity contribution is 5.99. The number of nitrogens with one attached hydrogen (secondary N) is 1. The number of aromatic nitrogens is 1. The lowest BCUT2D eigenvalue weighted by Gasteiger charge is -2.45. The number of aromatic hydroxyl groups is 1. The zero-order chi connectivity index (χ0) is 26.5. The summed E-state index contributed by atoms with van der Waals surface area (Å²) in [6.07, 6.45) is 2.36. The smallest absolute Gasteiger partial charge is 0.275 e. The minimum Gasteiger partial charge on any atom is -0.503 e. The van der Waals surface area contributed by atoms with Crippen LogP contribution in [0.5, 0.6) is 5.75 Å². The molecule has 1 aromatic heterocycles. The number of carbonyl (C=O) groups excluding carboxylic acids is 2. The summed E-state index contributed by atoms with van der Waals surface area (Å²) in [5.41, 5.74) is -2.24. The van der Waals surface area contributed by atoms with E-state index < -0.39 is 45.7 Å². The van der Waals surface area contributed by atoms with Gasteiger partial charge in [-0.05, 0) is 18.9 Å². The molecule has 3 heterocycles. The minimum absolute atomic E-state index is 0.0287. The SMILES string of the molecule is CC.COCCCN1C(=O)c2c(O)c(=O)c(C(=O)NCc3ccc(F)cc3F)cn2CC12CCOC2. The first kappa shape index (κ1) is 27.3. The Hall–Kier alpha value is -3.31. The molecular weight excluding hydrogens is 476 g/mol. The number of benzene rings is 1. The van der Waals surface area contributed by atoms with Crippen molar-refractivity contribution >= 4 is 11.8 Å². The molecule has 2 aliphatic heterocycles. The molecule has 11 heteroatoms. The quantitative estimate of drug-likeness (QED) is 0.557. The second-order valence-corrected chi connectivity index (χ2v) is 8.45. The summed E-state index contributed by atoms with van der Waals surface area (Å²) in [6, 6.07) is 2.92. The number of amides is 2. The predicted octanol–water partition coefficient (Wildman–Crippen LogP) is 2.44. The van der Waals surface area contributed by atoms with E-state index in [2.05, 4.69) is 5.32 Å². The van der Waals surface area contributed by atoms with Gasteiger partial charge in [-0.25, -0.2) is 8.78 Å². The second kappa shape index (κ2) is 11.6. The molecule has 2 amide bonds. The van der Waals surface area contributed by atoms with Crippen molar-refractivity contribution in [3.63, 3.8) is 0 Å². The molecule has 0 bridgehead atoms. The van der Waals surface area contributed by atoms with Gasteiger partial charge in [0.1, 0.15) is 17.2 Å². The van der Waals surface area contributed by atoms with Crippen LogP contribution in [-0.2, 0) is 22.6 Å². The Morgan fingerprint density at radius 1 is 1.28 bits per heavy atom. The molecule has 1 aromatic carbocycles. The van der Waals surface area contributed by atoms with Crippen molar-refractivity contribution in [1.82, 2.24) is 14.8 Å². The Labute approximate surface area is 207 Å². The zero-order valence-electron chi connectivity index (χ0n) is 20.6. The van der Waals surface area contributed by atoms with Crippen molar-refractivity contribution in [3.05, 3.63) is 63.1 Å². The van der Waals surface area contributed by atoms with Crippen LogP contribution in [0.15, 0.2) is 29.2 Å². The van der Waals surface area contributed by atoms with Crippen LogP contribution >= 0.6 is 0 Å². The summed E-state index contributed by atoms with van der Waals surface area (Å²) >= 11 is 0. The molecule has 1 spiro atoms. The maximum Gasteiger partial charge on any atom is 0.275 e. The van der Waals surface area contributed by atoms with E-state index in [9.17, 15) is 28.3 Å². The normalized spacial score (nSPS) is 18.6. The van der Waals surface area contributed by atoms with Gasteiger partial charge in [0.15, 0.2) is 11.4 Å². The van der Waals surface area contributed by atoms with E-state index in [1.165, 1.54) is 16.8 Å². The second-order valence-electron chi connectivity index (χ2n) is 8.45. The molecule has 1 fully saturated rings. The molecule has 2 aliphatic rings. The number of methoxy groups -OCH3 is 1. The zero-order valence-corrected chi connectivity index (χ0v) is 20.6. The molecule has 2 aromatic rings. The summed E-state index contributed by atoms with van der Waals surface area (Å²) < 4.78 is 39.0. The summed E-state index contributed by atoms with van der Waals surface area (Å²) in [6.45, 7) is 5.45. The van der Waals surface area contributed by atoms with Gasteiger partial charge in [-0.15, -0.1) is 0 Å². The topological polar surface area (TPSA) is 110 Å². The Bertz CT molecular complexity index is 1180. The van der Waals surface area contributed by atoms with Gasteiger partial charge in [0.2, 0.25) is 5.43 Å². The first-order valence-corrected chi connectivity index (χ1v) is 11.8. The fourth-order valence-electron chi connectivity index (χ4n) is 4.48. The molecule has 36 heavy (non-hydrogen) atoms. The van der Waals surface area contributed by atoms with Crippen LogP contribution in [0.3, 0.4) is 0 Å². The van der Waals surface area contributed by atoms with Gasteiger partial charge in [0.05, 0.1) is 12.1 Å². The molecule has 9 nitrogen and oxygen atoms in total. The predicted molar refractivity (Wildman–Crippen MR) is 127 cm³/mol. The maximum absolute atomic E-state index is 13.9. The first-order chi connectivity index (χ1) is 17.3. The molecule has 0 radical (unpaired) electrons. The van der Waals surface area contributed by atoms with E-state index in [0.29, 0.717) is 38.7 Å². The highest BCUT2D eigenvalue weighted by Crippen LogP contribution is 2.35. The number of pyridine rings is 1. The molecular formula is C25H31F2N3O6. The van der Waals surface area contributed by atoms with Gasteiger partial charge in [-0.2, -0.15) is 0 Å². The number of carbonyl (C=O) groups is 2. The van der Waals surface area contributed by atoms with Crippen LogP contribution in [0.2, 0.25) is 0 Å². The van der Waals surface area contributed by atoms with Gasteiger partial charge >= 0.3 is 0 Å². The third-order valence-electron chi connectivity index (χ3n) is 6.25. The molecule has 196 valence electrons. The summed E-state index contributed by atoms with van der Waals surface area (Å²) in [5.74, 6) is -3.80. The van der Waals surface area contributed by atoms with Crippen molar-refractivity contribution < 1.29 is 33.0 Å². The Kier molecular flexibility index (Phi) is 8.80. The van der Waals surface area contributed by atoms with Crippen LogP contribution in [0, 0.1) is 11.6 Å². The lowest BCUT2D eigenvalue weighted by Crippen LogP contribution is -2.59. The van der Waals surface area contributed by atoms with Gasteiger partial charge in [-0.1, -0.05) is 19.9 Å². The fourth-order valence-corrected chi connectivity index (χ4v) is 4.48. The van der Waals surface area contributed by atoms with E-state index >= 15 is 0 Å². The number of rotatable bonds is 7. The highest BCUT2D eigenvalue weighted by atomic mass is 19.1. The highest BCUT2D eigenvalue weighted by Gasteiger charge is 2.48. The molecule has 1 unspecified atom stereocenters. The van der Waals surface area contributed by atoms with E-state index in [-0.39, 0.29) is 31.0 Å². The summed E-state index contributed by atoms with van der Waals surface area (Å²) in [7, 11) is 1.56. The van der Waals surface area contributed by atoms with Crippen LogP contribution in [-0.4, -0.2) is 65.4 Å². The number of halogens is 2. The fraction of sp³-hybridized carbons (Fsp3) is 0.480. The van der Waals surface area contributed by atoms with Crippen molar-refractivity contribution in [2.75, 3.05) is 33.5 Å². The molecule has 1 atom stereocenters. The number of ether oxygens (including phenoxy) is 2. The Morgan fingerprint density at radius 3 is 2.67 bits per heavy atom. The summed E-state index contributed by atoms with van der Waals surface area (Å²) in [4.78, 5) is 40.4. The minimum atomic E-state index is -1.01. The summed E-state index contributed by atoms with van der Waals surface area (Å²) in [5, 5.41) is 13.0. The first-order valence-electron chi connectivity index (χ1n) is 11.8. The average molecular weight is 508 g/mol. The van der Waals surface area contributed by atoms with Crippen molar-refractivity contribution in [2.24, 2.45) is 0 Å². The van der Waals surface area contributed by atoms with E-state index in [1.54, 1.807) is 12.0 Å². The maximum atomic E-state index is 13.9. The van der Waals surface area contributed by atoms with Crippen molar-refractivity contribution in [2.45, 2.75) is 45.3 Å². The van der Waals surface area contributed by atoms with Crippen LogP contribution in [0.25, 0.3) is 0 Å². The molecule has 0 saturated carbocycles. The lowest BCUT2D eigenvalue weighted by molar-refractivity contribution is 0.0206. The standard InChI is InChI=1S/C23H25F2N3O6.C2H6/c1-33-7-2-6-28-22(32)18-20(30)19(29)16(11-27(18)12-23(28)5-8-34-13-23)21(31)26-10-14-3-4-15(24)9-17(14)25;1-2/h3-4,9,11,30H,2,5-8,10,12-13H2,1H3,(H,26,31);1-2H3. The number of hydrogen-bond donors (Lipinski definition) is 2.